The minimum Gasteiger partial charge on any atom is -0.481 e. The molecule has 0 saturated carbocycles. The molecule has 0 aromatic heterocycles. The monoisotopic (exact) mass is 377 g/mol. The molecule has 2 aliphatic rings. The number of piperidine rings is 1. The molecule has 1 amide bonds. The number of para-hydroxylation sites is 1. The van der Waals surface area contributed by atoms with Crippen LogP contribution in [0, 0.1) is 11.7 Å². The Bertz CT molecular complexity index is 676. The molecule has 2 atom stereocenters. The Labute approximate surface area is 159 Å². The Balaban J connectivity index is 1.60. The van der Waals surface area contributed by atoms with Crippen molar-refractivity contribution in [3.63, 3.8) is 0 Å². The number of halogens is 1. The van der Waals surface area contributed by atoms with Gasteiger partial charge in [-0.1, -0.05) is 19.1 Å². The normalized spacial score (nSPS) is 22.5. The van der Waals surface area contributed by atoms with Crippen LogP contribution in [0.1, 0.15) is 26.2 Å². The van der Waals surface area contributed by atoms with E-state index in [2.05, 4.69) is 0 Å². The van der Waals surface area contributed by atoms with Crippen LogP contribution in [0.5, 0.6) is 0 Å². The number of hydrogen-bond acceptors (Lipinski definition) is 4. The van der Waals surface area contributed by atoms with Crippen molar-refractivity contribution in [2.75, 3.05) is 44.2 Å². The number of carboxylic acid groups (broad SMARTS) is 1. The molecule has 1 N–H and O–H groups in total. The molecule has 7 heteroatoms. The van der Waals surface area contributed by atoms with Crippen molar-refractivity contribution in [2.24, 2.45) is 5.92 Å². The first kappa shape index (κ1) is 19.6. The summed E-state index contributed by atoms with van der Waals surface area (Å²) in [5, 5.41) is 9.30. The minimum atomic E-state index is -0.777. The Morgan fingerprint density at radius 2 is 1.89 bits per heavy atom. The number of carbonyl (C=O) groups is 2. The Kier molecular flexibility index (Phi) is 6.31. The van der Waals surface area contributed by atoms with E-state index >= 15 is 0 Å². The molecule has 2 heterocycles. The summed E-state index contributed by atoms with van der Waals surface area (Å²) >= 11 is 0. The number of nitrogens with zero attached hydrogens (tertiary/aromatic N) is 3. The first-order chi connectivity index (χ1) is 13.0. The van der Waals surface area contributed by atoms with Crippen LogP contribution in [0.4, 0.5) is 10.1 Å². The zero-order chi connectivity index (χ0) is 19.4. The van der Waals surface area contributed by atoms with Crippen LogP contribution in [0.25, 0.3) is 0 Å². The predicted molar refractivity (Wildman–Crippen MR) is 101 cm³/mol. The average molecular weight is 377 g/mol. The Morgan fingerprint density at radius 3 is 2.52 bits per heavy atom. The number of likely N-dealkylation sites (tertiary alicyclic amines) is 1. The van der Waals surface area contributed by atoms with Gasteiger partial charge in [-0.3, -0.25) is 14.5 Å². The summed E-state index contributed by atoms with van der Waals surface area (Å²) in [5.41, 5.74) is 0.581. The quantitative estimate of drug-likeness (QED) is 0.851. The second kappa shape index (κ2) is 8.69. The van der Waals surface area contributed by atoms with Crippen LogP contribution in [0.15, 0.2) is 24.3 Å². The van der Waals surface area contributed by atoms with E-state index < -0.39 is 11.9 Å². The van der Waals surface area contributed by atoms with Crippen LogP contribution in [-0.4, -0.2) is 72.1 Å². The fourth-order valence-corrected chi connectivity index (χ4v) is 4.17. The average Bonchev–Trinajstić information content (AvgIpc) is 2.69. The Hall–Kier alpha value is -2.15. The number of benzene rings is 1. The summed E-state index contributed by atoms with van der Waals surface area (Å²) in [7, 11) is 0. The van der Waals surface area contributed by atoms with E-state index in [1.807, 2.05) is 27.7 Å². The number of carbonyl (C=O) groups excluding carboxylic acids is 1. The molecular formula is C20H28FN3O3. The van der Waals surface area contributed by atoms with Crippen molar-refractivity contribution < 1.29 is 19.1 Å². The highest BCUT2D eigenvalue weighted by molar-refractivity contribution is 5.82. The lowest BCUT2D eigenvalue weighted by Gasteiger charge is -2.41. The summed E-state index contributed by atoms with van der Waals surface area (Å²) in [6.07, 6.45) is 2.15. The van der Waals surface area contributed by atoms with Gasteiger partial charge < -0.3 is 14.9 Å². The van der Waals surface area contributed by atoms with E-state index in [1.54, 1.807) is 12.1 Å². The van der Waals surface area contributed by atoms with Crippen LogP contribution < -0.4 is 4.90 Å². The van der Waals surface area contributed by atoms with Crippen molar-refractivity contribution in [3.8, 4) is 0 Å². The second-order valence-corrected chi connectivity index (χ2v) is 7.36. The lowest BCUT2D eigenvalue weighted by Crippen LogP contribution is -2.56. The molecule has 27 heavy (non-hydrogen) atoms. The van der Waals surface area contributed by atoms with Gasteiger partial charge in [0, 0.05) is 32.7 Å². The first-order valence-corrected chi connectivity index (χ1v) is 9.76. The van der Waals surface area contributed by atoms with Crippen LogP contribution in [0.2, 0.25) is 0 Å². The maximum Gasteiger partial charge on any atom is 0.307 e. The molecule has 2 unspecified atom stereocenters. The van der Waals surface area contributed by atoms with E-state index in [4.69, 9.17) is 0 Å². The van der Waals surface area contributed by atoms with Gasteiger partial charge in [-0.05, 0) is 37.9 Å². The van der Waals surface area contributed by atoms with Crippen LogP contribution >= 0.6 is 0 Å². The molecule has 0 radical (unpaired) electrons. The van der Waals surface area contributed by atoms with E-state index in [-0.39, 0.29) is 17.8 Å². The van der Waals surface area contributed by atoms with E-state index in [1.165, 1.54) is 6.07 Å². The number of amides is 1. The van der Waals surface area contributed by atoms with Crippen molar-refractivity contribution in [1.82, 2.24) is 9.80 Å². The molecule has 0 spiro atoms. The molecule has 1 aromatic carbocycles. The third kappa shape index (κ3) is 4.40. The summed E-state index contributed by atoms with van der Waals surface area (Å²) in [6.45, 7) is 5.49. The number of hydrogen-bond donors (Lipinski definition) is 1. The molecule has 0 aliphatic carbocycles. The fraction of sp³-hybridized carbons (Fsp3) is 0.600. The predicted octanol–water partition coefficient (Wildman–Crippen LogP) is 2.05. The summed E-state index contributed by atoms with van der Waals surface area (Å²) in [6, 6.07) is 6.44. The number of carboxylic acids is 1. The highest BCUT2D eigenvalue weighted by Gasteiger charge is 2.35. The first-order valence-electron chi connectivity index (χ1n) is 9.76. The van der Waals surface area contributed by atoms with Gasteiger partial charge in [-0.15, -0.1) is 0 Å². The summed E-state index contributed by atoms with van der Waals surface area (Å²) in [4.78, 5) is 30.2. The van der Waals surface area contributed by atoms with Gasteiger partial charge in [0.05, 0.1) is 17.6 Å². The molecule has 1 aromatic rings. The van der Waals surface area contributed by atoms with Gasteiger partial charge in [-0.25, -0.2) is 4.39 Å². The summed E-state index contributed by atoms with van der Waals surface area (Å²) in [5.74, 6) is -1.34. The highest BCUT2D eigenvalue weighted by atomic mass is 19.1. The van der Waals surface area contributed by atoms with Crippen molar-refractivity contribution in [2.45, 2.75) is 32.2 Å². The molecule has 0 bridgehead atoms. The highest BCUT2D eigenvalue weighted by Crippen LogP contribution is 2.23. The van der Waals surface area contributed by atoms with Crippen molar-refractivity contribution in [3.05, 3.63) is 30.1 Å². The largest absolute Gasteiger partial charge is 0.481 e. The van der Waals surface area contributed by atoms with Crippen LogP contribution in [-0.2, 0) is 9.59 Å². The number of aliphatic carboxylic acids is 1. The summed E-state index contributed by atoms with van der Waals surface area (Å²) < 4.78 is 14.0. The SMILES string of the molecule is CCC(C(=O)N1CCN(c2ccccc2F)CC1)N1CCCC(C(=O)O)C1. The van der Waals surface area contributed by atoms with Crippen molar-refractivity contribution >= 4 is 17.6 Å². The number of rotatable bonds is 5. The molecular weight excluding hydrogens is 349 g/mol. The van der Waals surface area contributed by atoms with Gasteiger partial charge in [0.25, 0.3) is 0 Å². The molecule has 3 rings (SSSR count). The maximum absolute atomic E-state index is 14.0. The topological polar surface area (TPSA) is 64.1 Å². The second-order valence-electron chi connectivity index (χ2n) is 7.36. The van der Waals surface area contributed by atoms with Crippen LogP contribution in [0.3, 0.4) is 0 Å². The third-order valence-electron chi connectivity index (χ3n) is 5.70. The number of piperazine rings is 1. The van der Waals surface area contributed by atoms with E-state index in [0.717, 1.165) is 13.0 Å². The van der Waals surface area contributed by atoms with E-state index in [9.17, 15) is 19.1 Å². The zero-order valence-electron chi connectivity index (χ0n) is 15.8. The number of anilines is 1. The lowest BCUT2D eigenvalue weighted by molar-refractivity contribution is -0.147. The van der Waals surface area contributed by atoms with Gasteiger partial charge in [-0.2, -0.15) is 0 Å². The maximum atomic E-state index is 14.0. The van der Waals surface area contributed by atoms with Gasteiger partial charge in [0.1, 0.15) is 5.82 Å². The fourth-order valence-electron chi connectivity index (χ4n) is 4.17. The molecule has 2 aliphatic heterocycles. The molecule has 2 saturated heterocycles. The minimum absolute atomic E-state index is 0.0664. The smallest absolute Gasteiger partial charge is 0.307 e. The lowest BCUT2D eigenvalue weighted by atomic mass is 9.96. The molecule has 2 fully saturated rings. The van der Waals surface area contributed by atoms with Gasteiger partial charge in [0.2, 0.25) is 5.91 Å². The van der Waals surface area contributed by atoms with Gasteiger partial charge in [0.15, 0.2) is 0 Å². The standard InChI is InChI=1S/C20H28FN3O3/c1-2-17(24-9-5-6-15(14-24)20(26)27)19(25)23-12-10-22(11-13-23)18-8-4-3-7-16(18)21/h3-4,7-8,15,17H,2,5-6,9-14H2,1H3,(H,26,27). The van der Waals surface area contributed by atoms with Crippen molar-refractivity contribution in [1.29, 1.82) is 0 Å². The molecule has 148 valence electrons. The van der Waals surface area contributed by atoms with E-state index in [0.29, 0.717) is 51.3 Å². The Morgan fingerprint density at radius 1 is 1.19 bits per heavy atom. The van der Waals surface area contributed by atoms with Gasteiger partial charge >= 0.3 is 5.97 Å². The third-order valence-corrected chi connectivity index (χ3v) is 5.70. The zero-order valence-corrected chi connectivity index (χ0v) is 15.8. The molecule has 6 nitrogen and oxygen atoms in total.